The average molecular weight is 623 g/mol. The van der Waals surface area contributed by atoms with Crippen LogP contribution in [0.25, 0.3) is 0 Å². The van der Waals surface area contributed by atoms with Crippen LogP contribution in [0.2, 0.25) is 0 Å². The van der Waals surface area contributed by atoms with Gasteiger partial charge in [-0.05, 0) is 107 Å². The summed E-state index contributed by atoms with van der Waals surface area (Å²) in [5.74, 6) is -0.0794. The summed E-state index contributed by atoms with van der Waals surface area (Å²) in [4.78, 5) is 12.3. The lowest BCUT2D eigenvalue weighted by atomic mass is 10.2. The quantitative estimate of drug-likeness (QED) is 0.349. The van der Waals surface area contributed by atoms with Crippen molar-refractivity contribution in [1.82, 2.24) is 0 Å². The highest BCUT2D eigenvalue weighted by molar-refractivity contribution is 14.1. The lowest BCUT2D eigenvalue weighted by Gasteiger charge is -2.09. The van der Waals surface area contributed by atoms with E-state index in [0.717, 1.165) is 7.14 Å². The lowest BCUT2D eigenvalue weighted by Crippen LogP contribution is -2.13. The number of amides is 1. The Morgan fingerprint density at radius 2 is 1.70 bits per heavy atom. The summed E-state index contributed by atoms with van der Waals surface area (Å²) in [6, 6.07) is 8.99. The van der Waals surface area contributed by atoms with Gasteiger partial charge in [-0.1, -0.05) is 0 Å². The summed E-state index contributed by atoms with van der Waals surface area (Å²) < 4.78 is 2.91. The Hall–Kier alpha value is 0.130. The summed E-state index contributed by atoms with van der Waals surface area (Å²) in [5.41, 5.74) is 1.22. The van der Waals surface area contributed by atoms with Crippen LogP contribution in [0.3, 0.4) is 0 Å². The maximum Gasteiger partial charge on any atom is 0.256 e. The molecule has 0 bridgehead atoms. The number of carbonyl (C=O) groups excluding carboxylic acids is 1. The fraction of sp³-hybridized carbons (Fsp3) is 0. The van der Waals surface area contributed by atoms with Gasteiger partial charge in [0, 0.05) is 12.8 Å². The van der Waals surface area contributed by atoms with Crippen molar-refractivity contribution in [3.63, 3.8) is 0 Å². The van der Waals surface area contributed by atoms with Crippen LogP contribution in [0.4, 0.5) is 5.69 Å². The second-order valence-corrected chi connectivity index (χ2v) is 7.98. The standard InChI is InChI=1S/C13H7Br2I2NO2/c14-9-4-7(5-10(15)12(9)19)18-13(20)8-3-6(16)1-2-11(8)17/h1-5,19H,(H,18,20). The van der Waals surface area contributed by atoms with Crippen molar-refractivity contribution in [2.24, 2.45) is 0 Å². The van der Waals surface area contributed by atoms with Gasteiger partial charge in [-0.2, -0.15) is 0 Å². The Morgan fingerprint density at radius 1 is 1.10 bits per heavy atom. The molecule has 0 aliphatic rings. The van der Waals surface area contributed by atoms with Gasteiger partial charge < -0.3 is 10.4 Å². The molecule has 7 heteroatoms. The van der Waals surface area contributed by atoms with Gasteiger partial charge in [-0.15, -0.1) is 0 Å². The van der Waals surface area contributed by atoms with Gasteiger partial charge in [-0.25, -0.2) is 0 Å². The Labute approximate surface area is 160 Å². The second-order valence-electron chi connectivity index (χ2n) is 3.87. The van der Waals surface area contributed by atoms with E-state index in [-0.39, 0.29) is 11.7 Å². The number of hydrogen-bond acceptors (Lipinski definition) is 2. The van der Waals surface area contributed by atoms with Gasteiger partial charge in [0.2, 0.25) is 0 Å². The normalized spacial score (nSPS) is 10.4. The van der Waals surface area contributed by atoms with E-state index in [0.29, 0.717) is 20.2 Å². The molecule has 0 aliphatic heterocycles. The van der Waals surface area contributed by atoms with Crippen LogP contribution in [-0.4, -0.2) is 11.0 Å². The van der Waals surface area contributed by atoms with Gasteiger partial charge in [0.05, 0.1) is 14.5 Å². The number of nitrogens with one attached hydrogen (secondary N) is 1. The van der Waals surface area contributed by atoms with E-state index >= 15 is 0 Å². The predicted molar refractivity (Wildman–Crippen MR) is 103 cm³/mol. The number of phenols is 1. The third-order valence-corrected chi connectivity index (χ3v) is 5.27. The molecule has 0 radical (unpaired) electrons. The van der Waals surface area contributed by atoms with E-state index in [9.17, 15) is 9.90 Å². The molecule has 3 nitrogen and oxygen atoms in total. The number of rotatable bonds is 2. The molecule has 0 aliphatic carbocycles. The Bertz CT molecular complexity index is 669. The first-order chi connectivity index (χ1) is 9.38. The molecule has 1 amide bonds. The lowest BCUT2D eigenvalue weighted by molar-refractivity contribution is 0.102. The minimum Gasteiger partial charge on any atom is -0.506 e. The molecule has 0 saturated carbocycles. The number of hydrogen-bond donors (Lipinski definition) is 2. The minimum atomic E-state index is -0.183. The smallest absolute Gasteiger partial charge is 0.256 e. The van der Waals surface area contributed by atoms with Crippen molar-refractivity contribution in [2.45, 2.75) is 0 Å². The number of phenolic OH excluding ortho intramolecular Hbond substituents is 1. The molecule has 0 saturated heterocycles. The highest BCUT2D eigenvalue weighted by Gasteiger charge is 2.13. The highest BCUT2D eigenvalue weighted by Crippen LogP contribution is 2.35. The Kier molecular flexibility index (Phi) is 5.71. The van der Waals surface area contributed by atoms with Crippen molar-refractivity contribution < 1.29 is 9.90 Å². The van der Waals surface area contributed by atoms with Crippen LogP contribution in [-0.2, 0) is 0 Å². The zero-order chi connectivity index (χ0) is 14.9. The molecule has 2 aromatic carbocycles. The molecular weight excluding hydrogens is 616 g/mol. The molecule has 0 heterocycles. The van der Waals surface area contributed by atoms with Crippen molar-refractivity contribution in [3.8, 4) is 5.75 Å². The summed E-state index contributed by atoms with van der Waals surface area (Å²) >= 11 is 10.8. The van der Waals surface area contributed by atoms with Crippen molar-refractivity contribution >= 4 is 88.6 Å². The largest absolute Gasteiger partial charge is 0.506 e. The predicted octanol–water partition coefficient (Wildman–Crippen LogP) is 5.38. The number of carbonyl (C=O) groups is 1. The van der Waals surface area contributed by atoms with Crippen LogP contribution in [0.1, 0.15) is 10.4 Å². The first-order valence-corrected chi connectivity index (χ1v) is 9.07. The fourth-order valence-corrected chi connectivity index (χ4v) is 3.77. The highest BCUT2D eigenvalue weighted by atomic mass is 127. The summed E-state index contributed by atoms with van der Waals surface area (Å²) in [5, 5.41) is 12.5. The summed E-state index contributed by atoms with van der Waals surface area (Å²) in [6.45, 7) is 0. The maximum atomic E-state index is 12.3. The van der Waals surface area contributed by atoms with E-state index in [1.54, 1.807) is 12.1 Å². The van der Waals surface area contributed by atoms with Crippen LogP contribution < -0.4 is 5.32 Å². The van der Waals surface area contributed by atoms with Crippen molar-refractivity contribution in [2.75, 3.05) is 5.32 Å². The van der Waals surface area contributed by atoms with Crippen molar-refractivity contribution in [3.05, 3.63) is 52.0 Å². The van der Waals surface area contributed by atoms with Crippen molar-refractivity contribution in [1.29, 1.82) is 0 Å². The maximum absolute atomic E-state index is 12.3. The molecular formula is C13H7Br2I2NO2. The van der Waals surface area contributed by atoms with E-state index in [1.165, 1.54) is 0 Å². The third-order valence-electron chi connectivity index (χ3n) is 2.45. The molecule has 0 atom stereocenters. The molecule has 0 aromatic heterocycles. The first-order valence-electron chi connectivity index (χ1n) is 5.33. The van der Waals surface area contributed by atoms with E-state index < -0.39 is 0 Å². The number of benzene rings is 2. The SMILES string of the molecule is O=C(Nc1cc(Br)c(O)c(Br)c1)c1cc(I)ccc1I. The monoisotopic (exact) mass is 621 g/mol. The van der Waals surface area contributed by atoms with Crippen LogP contribution in [0, 0.1) is 7.14 Å². The molecule has 2 aromatic rings. The molecule has 2 N–H and O–H groups in total. The van der Waals surface area contributed by atoms with Gasteiger partial charge in [0.15, 0.2) is 0 Å². The summed E-state index contributed by atoms with van der Waals surface area (Å²) in [6.07, 6.45) is 0. The third kappa shape index (κ3) is 3.86. The Morgan fingerprint density at radius 3 is 2.30 bits per heavy atom. The topological polar surface area (TPSA) is 49.3 Å². The van der Waals surface area contributed by atoms with Crippen LogP contribution in [0.15, 0.2) is 39.3 Å². The zero-order valence-corrected chi connectivity index (χ0v) is 17.2. The summed E-state index contributed by atoms with van der Waals surface area (Å²) in [7, 11) is 0. The average Bonchev–Trinajstić information content (AvgIpc) is 2.38. The molecule has 20 heavy (non-hydrogen) atoms. The molecule has 104 valence electrons. The van der Waals surface area contributed by atoms with E-state index in [4.69, 9.17) is 0 Å². The minimum absolute atomic E-state index is 0.104. The molecule has 2 rings (SSSR count). The molecule has 0 spiro atoms. The van der Waals surface area contributed by atoms with E-state index in [2.05, 4.69) is 82.4 Å². The van der Waals surface area contributed by atoms with Gasteiger partial charge in [-0.3, -0.25) is 4.79 Å². The number of halogens is 4. The fourth-order valence-electron chi connectivity index (χ4n) is 1.51. The Balaban J connectivity index is 2.30. The first kappa shape index (κ1) is 16.5. The zero-order valence-electron chi connectivity index (χ0n) is 9.75. The number of aromatic hydroxyl groups is 1. The van der Waals surface area contributed by atoms with Gasteiger partial charge >= 0.3 is 0 Å². The number of anilines is 1. The van der Waals surface area contributed by atoms with Crippen LogP contribution >= 0.6 is 77.0 Å². The van der Waals surface area contributed by atoms with Gasteiger partial charge in [0.25, 0.3) is 5.91 Å². The van der Waals surface area contributed by atoms with Gasteiger partial charge in [0.1, 0.15) is 5.75 Å². The molecule has 0 unspecified atom stereocenters. The second kappa shape index (κ2) is 6.93. The molecule has 0 fully saturated rings. The van der Waals surface area contributed by atoms with Crippen LogP contribution in [0.5, 0.6) is 5.75 Å². The van der Waals surface area contributed by atoms with E-state index in [1.807, 2.05) is 18.2 Å².